The molecule has 112 valence electrons. The van der Waals surface area contributed by atoms with Crippen molar-refractivity contribution in [1.29, 1.82) is 0 Å². The van der Waals surface area contributed by atoms with E-state index in [4.69, 9.17) is 16.3 Å². The Kier molecular flexibility index (Phi) is 4.16. The summed E-state index contributed by atoms with van der Waals surface area (Å²) in [5.41, 5.74) is 1.23. The fourth-order valence-electron chi connectivity index (χ4n) is 2.44. The fourth-order valence-corrected chi connectivity index (χ4v) is 2.70. The average Bonchev–Trinajstić information content (AvgIpc) is 2.55. The van der Waals surface area contributed by atoms with Gasteiger partial charge in [-0.05, 0) is 35.2 Å². The zero-order valence-electron chi connectivity index (χ0n) is 12.6. The second kappa shape index (κ2) is 6.24. The van der Waals surface area contributed by atoms with E-state index in [1.807, 2.05) is 49.5 Å². The van der Waals surface area contributed by atoms with Crippen molar-refractivity contribution in [3.63, 3.8) is 0 Å². The molecule has 0 spiro atoms. The summed E-state index contributed by atoms with van der Waals surface area (Å²) in [5, 5.41) is 2.46. The minimum absolute atomic E-state index is 0.509. The number of methoxy groups -OCH3 is 1. The van der Waals surface area contributed by atoms with E-state index in [0.29, 0.717) is 5.15 Å². The Morgan fingerprint density at radius 2 is 1.86 bits per heavy atom. The predicted octanol–water partition coefficient (Wildman–Crippen LogP) is 4.53. The van der Waals surface area contributed by atoms with Crippen molar-refractivity contribution in [2.75, 3.05) is 19.1 Å². The number of nitrogens with zero attached hydrogens (tertiary/aromatic N) is 2. The molecule has 2 aromatic carbocycles. The van der Waals surface area contributed by atoms with E-state index in [2.05, 4.69) is 22.0 Å². The molecule has 1 aromatic heterocycles. The molecular formula is C18H17ClN2O. The van der Waals surface area contributed by atoms with Gasteiger partial charge in [0.05, 0.1) is 7.11 Å². The van der Waals surface area contributed by atoms with Crippen LogP contribution < -0.4 is 9.64 Å². The van der Waals surface area contributed by atoms with Crippen molar-refractivity contribution in [3.05, 3.63) is 65.3 Å². The summed E-state index contributed by atoms with van der Waals surface area (Å²) < 4.78 is 5.28. The Bertz CT molecular complexity index is 790. The van der Waals surface area contributed by atoms with Crippen molar-refractivity contribution in [2.45, 2.75) is 6.54 Å². The molecule has 0 fully saturated rings. The largest absolute Gasteiger partial charge is 0.497 e. The topological polar surface area (TPSA) is 25.4 Å². The van der Waals surface area contributed by atoms with Crippen LogP contribution in [0, 0.1) is 0 Å². The molecule has 3 aromatic rings. The van der Waals surface area contributed by atoms with E-state index >= 15 is 0 Å². The molecule has 0 N–H and O–H groups in total. The highest BCUT2D eigenvalue weighted by atomic mass is 35.5. The number of hydrogen-bond acceptors (Lipinski definition) is 3. The van der Waals surface area contributed by atoms with Crippen LogP contribution in [0.15, 0.2) is 54.6 Å². The van der Waals surface area contributed by atoms with Gasteiger partial charge in [0.2, 0.25) is 0 Å². The molecule has 0 amide bonds. The number of fused-ring (bicyclic) bond motifs is 1. The predicted molar refractivity (Wildman–Crippen MR) is 91.9 cm³/mol. The summed E-state index contributed by atoms with van der Waals surface area (Å²) in [6.45, 7) is 0.777. The first-order valence-corrected chi connectivity index (χ1v) is 7.44. The maximum Gasteiger partial charge on any atom is 0.139 e. The van der Waals surface area contributed by atoms with Crippen LogP contribution in [0.4, 0.5) is 5.82 Å². The molecule has 0 aliphatic heterocycles. The van der Waals surface area contributed by atoms with Gasteiger partial charge >= 0.3 is 0 Å². The summed E-state index contributed by atoms with van der Waals surface area (Å²) >= 11 is 6.33. The zero-order chi connectivity index (χ0) is 15.5. The monoisotopic (exact) mass is 312 g/mol. The average molecular weight is 313 g/mol. The second-order valence-electron chi connectivity index (χ2n) is 5.20. The van der Waals surface area contributed by atoms with E-state index in [1.54, 1.807) is 7.11 Å². The van der Waals surface area contributed by atoms with Crippen LogP contribution in [0.1, 0.15) is 5.56 Å². The van der Waals surface area contributed by atoms with Gasteiger partial charge in [0.15, 0.2) is 0 Å². The molecule has 4 heteroatoms. The van der Waals surface area contributed by atoms with Gasteiger partial charge in [-0.25, -0.2) is 4.98 Å². The second-order valence-corrected chi connectivity index (χ2v) is 5.56. The van der Waals surface area contributed by atoms with Gasteiger partial charge in [0.25, 0.3) is 0 Å². The standard InChI is InChI=1S/C18H17ClN2O/c1-21(12-13-6-4-3-5-7-13)17-11-14-10-15(22-2)8-9-16(14)18(19)20-17/h3-11H,12H2,1-2H3. The first kappa shape index (κ1) is 14.7. The number of pyridine rings is 1. The lowest BCUT2D eigenvalue weighted by molar-refractivity contribution is 0.415. The van der Waals surface area contributed by atoms with Gasteiger partial charge < -0.3 is 9.64 Å². The summed E-state index contributed by atoms with van der Waals surface area (Å²) in [6.07, 6.45) is 0. The first-order valence-electron chi connectivity index (χ1n) is 7.07. The third-order valence-electron chi connectivity index (χ3n) is 3.63. The van der Waals surface area contributed by atoms with Crippen LogP contribution in [-0.2, 0) is 6.54 Å². The molecule has 0 aliphatic carbocycles. The van der Waals surface area contributed by atoms with Gasteiger partial charge in [-0.3, -0.25) is 0 Å². The van der Waals surface area contributed by atoms with Gasteiger partial charge in [0, 0.05) is 19.0 Å². The van der Waals surface area contributed by atoms with Gasteiger partial charge in [-0.15, -0.1) is 0 Å². The van der Waals surface area contributed by atoms with Crippen molar-refractivity contribution >= 4 is 28.2 Å². The van der Waals surface area contributed by atoms with Gasteiger partial charge in [-0.2, -0.15) is 0 Å². The molecule has 0 atom stereocenters. The number of halogens is 1. The number of ether oxygens (including phenoxy) is 1. The molecule has 0 saturated carbocycles. The molecule has 0 saturated heterocycles. The van der Waals surface area contributed by atoms with Crippen molar-refractivity contribution in [1.82, 2.24) is 4.98 Å². The van der Waals surface area contributed by atoms with Crippen LogP contribution in [0.2, 0.25) is 5.15 Å². The summed E-state index contributed by atoms with van der Waals surface area (Å²) in [6, 6.07) is 18.1. The van der Waals surface area contributed by atoms with E-state index in [1.165, 1.54) is 5.56 Å². The molecule has 0 unspecified atom stereocenters. The maximum absolute atomic E-state index is 6.33. The number of anilines is 1. The lowest BCUT2D eigenvalue weighted by atomic mass is 10.1. The van der Waals surface area contributed by atoms with Gasteiger partial charge in [0.1, 0.15) is 16.7 Å². The fraction of sp³-hybridized carbons (Fsp3) is 0.167. The summed E-state index contributed by atoms with van der Waals surface area (Å²) in [7, 11) is 3.67. The van der Waals surface area contributed by atoms with Crippen LogP contribution in [0.25, 0.3) is 10.8 Å². The number of rotatable bonds is 4. The van der Waals surface area contributed by atoms with Crippen molar-refractivity contribution in [3.8, 4) is 5.75 Å². The SMILES string of the molecule is COc1ccc2c(Cl)nc(N(C)Cc3ccccc3)cc2c1. The van der Waals surface area contributed by atoms with Gasteiger partial charge in [-0.1, -0.05) is 41.9 Å². The molecule has 0 radical (unpaired) electrons. The van der Waals surface area contributed by atoms with E-state index in [0.717, 1.165) is 28.9 Å². The molecule has 3 rings (SSSR count). The first-order chi connectivity index (χ1) is 10.7. The molecule has 1 heterocycles. The Morgan fingerprint density at radius 3 is 2.59 bits per heavy atom. The molecular weight excluding hydrogens is 296 g/mol. The highest BCUT2D eigenvalue weighted by molar-refractivity contribution is 6.34. The lowest BCUT2D eigenvalue weighted by Crippen LogP contribution is -2.17. The zero-order valence-corrected chi connectivity index (χ0v) is 13.3. The third kappa shape index (κ3) is 3.00. The van der Waals surface area contributed by atoms with Crippen LogP contribution in [0.5, 0.6) is 5.75 Å². The number of hydrogen-bond donors (Lipinski definition) is 0. The lowest BCUT2D eigenvalue weighted by Gasteiger charge is -2.19. The quantitative estimate of drug-likeness (QED) is 0.662. The van der Waals surface area contributed by atoms with Crippen molar-refractivity contribution in [2.24, 2.45) is 0 Å². The number of aromatic nitrogens is 1. The van der Waals surface area contributed by atoms with Crippen molar-refractivity contribution < 1.29 is 4.74 Å². The Hall–Kier alpha value is -2.26. The molecule has 0 bridgehead atoms. The normalized spacial score (nSPS) is 10.7. The molecule has 3 nitrogen and oxygen atoms in total. The Labute approximate surface area is 135 Å². The molecule has 22 heavy (non-hydrogen) atoms. The highest BCUT2D eigenvalue weighted by Crippen LogP contribution is 2.29. The maximum atomic E-state index is 6.33. The van der Waals surface area contributed by atoms with Crippen LogP contribution in [0.3, 0.4) is 0 Å². The molecule has 0 aliphatic rings. The highest BCUT2D eigenvalue weighted by Gasteiger charge is 2.09. The van der Waals surface area contributed by atoms with E-state index in [-0.39, 0.29) is 0 Å². The van der Waals surface area contributed by atoms with E-state index < -0.39 is 0 Å². The summed E-state index contributed by atoms with van der Waals surface area (Å²) in [5.74, 6) is 1.65. The third-order valence-corrected chi connectivity index (χ3v) is 3.92. The number of benzene rings is 2. The minimum Gasteiger partial charge on any atom is -0.497 e. The smallest absolute Gasteiger partial charge is 0.139 e. The minimum atomic E-state index is 0.509. The summed E-state index contributed by atoms with van der Waals surface area (Å²) in [4.78, 5) is 6.59. The Balaban J connectivity index is 1.96. The van der Waals surface area contributed by atoms with E-state index in [9.17, 15) is 0 Å². The van der Waals surface area contributed by atoms with Crippen LogP contribution in [-0.4, -0.2) is 19.1 Å². The Morgan fingerprint density at radius 1 is 1.09 bits per heavy atom. The van der Waals surface area contributed by atoms with Crippen LogP contribution >= 0.6 is 11.6 Å².